The number of phenolic OH excluding ortho intramolecular Hbond substituents is 1. The first-order valence-corrected chi connectivity index (χ1v) is 10.4. The number of hydrogen-bond donors (Lipinski definition) is 4. The van der Waals surface area contributed by atoms with Crippen LogP contribution in [0.15, 0.2) is 30.3 Å². The first-order chi connectivity index (χ1) is 14.7. The van der Waals surface area contributed by atoms with Gasteiger partial charge in [-0.05, 0) is 43.2 Å². The van der Waals surface area contributed by atoms with Gasteiger partial charge in [-0.1, -0.05) is 42.5 Å². The molecule has 0 saturated heterocycles. The van der Waals surface area contributed by atoms with E-state index in [4.69, 9.17) is 33.7 Å². The fourth-order valence-electron chi connectivity index (χ4n) is 3.31. The second-order valence-electron chi connectivity index (χ2n) is 7.18. The quantitative estimate of drug-likeness (QED) is 0.496. The average molecular weight is 466 g/mol. The second-order valence-corrected chi connectivity index (χ2v) is 7.99. The number of amides is 3. The van der Waals surface area contributed by atoms with Gasteiger partial charge in [-0.25, -0.2) is 0 Å². The van der Waals surface area contributed by atoms with Gasteiger partial charge in [0, 0.05) is 11.7 Å². The maximum atomic E-state index is 12.6. The van der Waals surface area contributed by atoms with Crippen molar-refractivity contribution >= 4 is 46.6 Å². The van der Waals surface area contributed by atoms with Crippen molar-refractivity contribution in [3.63, 3.8) is 0 Å². The highest BCUT2D eigenvalue weighted by atomic mass is 35.5. The van der Waals surface area contributed by atoms with Crippen LogP contribution in [0.4, 0.5) is 5.69 Å². The minimum absolute atomic E-state index is 0.0496. The molecular weight excluding hydrogens is 445 g/mol. The van der Waals surface area contributed by atoms with Crippen molar-refractivity contribution < 1.29 is 24.2 Å². The Labute approximate surface area is 188 Å². The van der Waals surface area contributed by atoms with Crippen LogP contribution in [0.5, 0.6) is 17.2 Å². The monoisotopic (exact) mass is 465 g/mol. The molecule has 0 radical (unpaired) electrons. The molecule has 0 atom stereocenters. The lowest BCUT2D eigenvalue weighted by atomic mass is 9.95. The molecule has 1 aliphatic carbocycles. The van der Waals surface area contributed by atoms with Crippen molar-refractivity contribution in [1.29, 1.82) is 0 Å². The molecule has 5 N–H and O–H groups in total. The first kappa shape index (κ1) is 22.7. The number of primary amides is 1. The van der Waals surface area contributed by atoms with Crippen LogP contribution in [0.1, 0.15) is 42.5 Å². The van der Waals surface area contributed by atoms with Crippen LogP contribution in [0.2, 0.25) is 10.0 Å². The van der Waals surface area contributed by atoms with E-state index in [1.165, 1.54) is 30.3 Å². The predicted molar refractivity (Wildman–Crippen MR) is 117 cm³/mol. The van der Waals surface area contributed by atoms with E-state index in [2.05, 4.69) is 10.6 Å². The third kappa shape index (κ3) is 5.80. The lowest BCUT2D eigenvalue weighted by molar-refractivity contribution is -0.134. The van der Waals surface area contributed by atoms with Crippen molar-refractivity contribution in [2.24, 2.45) is 5.73 Å². The van der Waals surface area contributed by atoms with E-state index in [0.29, 0.717) is 0 Å². The van der Waals surface area contributed by atoms with E-state index in [1.54, 1.807) is 0 Å². The molecule has 0 bridgehead atoms. The van der Waals surface area contributed by atoms with Gasteiger partial charge >= 0.3 is 11.8 Å². The summed E-state index contributed by atoms with van der Waals surface area (Å²) in [6.07, 6.45) is 5.10. The van der Waals surface area contributed by atoms with Gasteiger partial charge in [0.25, 0.3) is 5.91 Å². The number of ether oxygens (including phenoxy) is 1. The molecule has 164 valence electrons. The van der Waals surface area contributed by atoms with Crippen molar-refractivity contribution in [2.45, 2.75) is 38.1 Å². The lowest BCUT2D eigenvalue weighted by Gasteiger charge is -2.23. The zero-order valence-electron chi connectivity index (χ0n) is 16.4. The highest BCUT2D eigenvalue weighted by Gasteiger charge is 2.20. The van der Waals surface area contributed by atoms with Crippen LogP contribution in [0.3, 0.4) is 0 Å². The van der Waals surface area contributed by atoms with E-state index < -0.39 is 17.7 Å². The molecule has 1 aliphatic rings. The van der Waals surface area contributed by atoms with Crippen LogP contribution in [0, 0.1) is 0 Å². The number of carbonyl (C=O) groups is 3. The Morgan fingerprint density at radius 1 is 1.03 bits per heavy atom. The molecule has 2 aromatic carbocycles. The van der Waals surface area contributed by atoms with Crippen molar-refractivity contribution in [1.82, 2.24) is 5.32 Å². The molecule has 0 aromatic heterocycles. The van der Waals surface area contributed by atoms with Crippen LogP contribution < -0.4 is 21.1 Å². The van der Waals surface area contributed by atoms with Crippen LogP contribution in [0.25, 0.3) is 0 Å². The Kier molecular flexibility index (Phi) is 7.25. The summed E-state index contributed by atoms with van der Waals surface area (Å²) in [5, 5.41) is 15.4. The van der Waals surface area contributed by atoms with Gasteiger partial charge in [-0.15, -0.1) is 0 Å². The van der Waals surface area contributed by atoms with Crippen LogP contribution in [-0.4, -0.2) is 28.9 Å². The number of nitrogens with one attached hydrogen (secondary N) is 2. The summed E-state index contributed by atoms with van der Waals surface area (Å²) >= 11 is 12.4. The van der Waals surface area contributed by atoms with Crippen LogP contribution in [-0.2, 0) is 9.59 Å². The van der Waals surface area contributed by atoms with E-state index in [1.807, 2.05) is 0 Å². The molecule has 1 saturated carbocycles. The van der Waals surface area contributed by atoms with Gasteiger partial charge in [0.05, 0.1) is 15.6 Å². The fourth-order valence-corrected chi connectivity index (χ4v) is 3.87. The zero-order valence-corrected chi connectivity index (χ0v) is 17.9. The summed E-state index contributed by atoms with van der Waals surface area (Å²) < 4.78 is 5.72. The highest BCUT2D eigenvalue weighted by molar-refractivity contribution is 6.40. The van der Waals surface area contributed by atoms with E-state index in [-0.39, 0.29) is 44.6 Å². The maximum Gasteiger partial charge on any atom is 0.313 e. The molecule has 0 heterocycles. The maximum absolute atomic E-state index is 12.6. The zero-order chi connectivity index (χ0) is 22.5. The minimum atomic E-state index is -1.16. The summed E-state index contributed by atoms with van der Waals surface area (Å²) in [5.74, 6) is -2.45. The molecule has 0 aliphatic heterocycles. The topological polar surface area (TPSA) is 131 Å². The summed E-state index contributed by atoms with van der Waals surface area (Å²) in [7, 11) is 0. The number of phenols is 1. The number of nitrogens with two attached hydrogens (primary N) is 1. The predicted octanol–water partition coefficient (Wildman–Crippen LogP) is 3.98. The Balaban J connectivity index is 1.78. The third-order valence-electron chi connectivity index (χ3n) is 4.85. The van der Waals surface area contributed by atoms with Gasteiger partial charge < -0.3 is 26.2 Å². The number of hydrogen-bond acceptors (Lipinski definition) is 5. The number of rotatable bonds is 5. The van der Waals surface area contributed by atoms with Gasteiger partial charge in [0.15, 0.2) is 5.75 Å². The number of carbonyl (C=O) groups excluding carboxylic acids is 3. The summed E-state index contributed by atoms with van der Waals surface area (Å²) in [6, 6.07) is 6.94. The molecule has 2 aromatic rings. The fraction of sp³-hybridized carbons (Fsp3) is 0.286. The number of halogens is 2. The third-order valence-corrected chi connectivity index (χ3v) is 5.41. The van der Waals surface area contributed by atoms with Gasteiger partial charge in [0.1, 0.15) is 11.5 Å². The SMILES string of the molecule is NC(=O)C(=O)Nc1cc(Cl)c(Oc2ccc(O)c(C(=O)NC3CCCCC3)c2)c(Cl)c1. The molecule has 0 unspecified atom stereocenters. The van der Waals surface area contributed by atoms with Crippen LogP contribution >= 0.6 is 23.2 Å². The molecule has 8 nitrogen and oxygen atoms in total. The summed E-state index contributed by atoms with van der Waals surface area (Å²) in [6.45, 7) is 0. The van der Waals surface area contributed by atoms with Crippen molar-refractivity contribution in [3.8, 4) is 17.2 Å². The smallest absolute Gasteiger partial charge is 0.313 e. The summed E-state index contributed by atoms with van der Waals surface area (Å²) in [5.41, 5.74) is 5.13. The Morgan fingerprint density at radius 2 is 1.68 bits per heavy atom. The Morgan fingerprint density at radius 3 is 2.29 bits per heavy atom. The second kappa shape index (κ2) is 9.89. The van der Waals surface area contributed by atoms with E-state index >= 15 is 0 Å². The lowest BCUT2D eigenvalue weighted by Crippen LogP contribution is -2.36. The largest absolute Gasteiger partial charge is 0.507 e. The summed E-state index contributed by atoms with van der Waals surface area (Å²) in [4.78, 5) is 34.9. The van der Waals surface area contributed by atoms with E-state index in [0.717, 1.165) is 32.1 Å². The molecule has 3 rings (SSSR count). The number of benzene rings is 2. The minimum Gasteiger partial charge on any atom is -0.507 e. The first-order valence-electron chi connectivity index (χ1n) is 9.66. The molecular formula is C21H21Cl2N3O5. The van der Waals surface area contributed by atoms with E-state index in [9.17, 15) is 19.5 Å². The van der Waals surface area contributed by atoms with Gasteiger partial charge in [0.2, 0.25) is 0 Å². The molecule has 1 fully saturated rings. The Bertz CT molecular complexity index is 999. The standard InChI is InChI=1S/C21H21Cl2N3O5/c22-15-8-12(26-21(30)19(24)28)9-16(23)18(15)31-13-6-7-17(27)14(10-13)20(29)25-11-4-2-1-3-5-11/h6-11,27H,1-5H2,(H2,24,28)(H,25,29)(H,26,30). The van der Waals surface area contributed by atoms with Gasteiger partial charge in [-0.3, -0.25) is 14.4 Å². The van der Waals surface area contributed by atoms with Crippen molar-refractivity contribution in [2.75, 3.05) is 5.32 Å². The molecule has 10 heteroatoms. The number of anilines is 1. The normalized spacial score (nSPS) is 14.0. The molecule has 0 spiro atoms. The highest BCUT2D eigenvalue weighted by Crippen LogP contribution is 2.39. The average Bonchev–Trinajstić information content (AvgIpc) is 2.72. The van der Waals surface area contributed by atoms with Gasteiger partial charge in [-0.2, -0.15) is 0 Å². The number of aromatic hydroxyl groups is 1. The Hall–Kier alpha value is -2.97. The molecule has 3 amide bonds. The molecule has 31 heavy (non-hydrogen) atoms. The van der Waals surface area contributed by atoms with Crippen molar-refractivity contribution in [3.05, 3.63) is 45.9 Å².